The molecular formula is C28H37N3O4. The van der Waals surface area contributed by atoms with Crippen LogP contribution in [0, 0.1) is 6.92 Å². The van der Waals surface area contributed by atoms with Crippen LogP contribution in [0.4, 0.5) is 0 Å². The molecule has 2 aromatic carbocycles. The van der Waals surface area contributed by atoms with Gasteiger partial charge >= 0.3 is 0 Å². The number of hydrogen-bond donors (Lipinski definition) is 0. The van der Waals surface area contributed by atoms with Crippen molar-refractivity contribution in [2.24, 2.45) is 0 Å². The molecule has 0 radical (unpaired) electrons. The molecule has 188 valence electrons. The highest BCUT2D eigenvalue weighted by Gasteiger charge is 2.33. The van der Waals surface area contributed by atoms with Crippen molar-refractivity contribution in [2.45, 2.75) is 44.9 Å². The van der Waals surface area contributed by atoms with Gasteiger partial charge in [-0.2, -0.15) is 0 Å². The van der Waals surface area contributed by atoms with Crippen LogP contribution in [-0.2, 0) is 17.8 Å². The standard InChI is InChI=1S/C28H37N3O4/c1-23-5-8-25(9-6-23)35-21-28(33-3)11-4-14-30(15-12-28)20-24-7-10-26(27(19-24)32-2)34-18-17-31-16-13-29-22-31/h5-10,13,16,19,22H,4,11-12,14-15,17-18,20-21H2,1-3H3/t28-/m1/s1. The first-order valence-corrected chi connectivity index (χ1v) is 12.3. The van der Waals surface area contributed by atoms with E-state index < -0.39 is 0 Å². The highest BCUT2D eigenvalue weighted by Crippen LogP contribution is 2.31. The fraction of sp³-hybridized carbons (Fsp3) is 0.464. The van der Waals surface area contributed by atoms with E-state index in [2.05, 4.69) is 41.1 Å². The number of rotatable bonds is 11. The molecular weight excluding hydrogens is 442 g/mol. The normalized spacial score (nSPS) is 18.7. The van der Waals surface area contributed by atoms with E-state index in [1.54, 1.807) is 19.6 Å². The minimum absolute atomic E-state index is 0.260. The van der Waals surface area contributed by atoms with Crippen molar-refractivity contribution in [3.8, 4) is 17.2 Å². The lowest BCUT2D eigenvalue weighted by Gasteiger charge is -2.31. The molecule has 1 atom stereocenters. The molecule has 1 aromatic heterocycles. The van der Waals surface area contributed by atoms with Gasteiger partial charge in [-0.1, -0.05) is 23.8 Å². The molecule has 35 heavy (non-hydrogen) atoms. The minimum Gasteiger partial charge on any atom is -0.493 e. The summed E-state index contributed by atoms with van der Waals surface area (Å²) in [6.07, 6.45) is 8.47. The first-order valence-electron chi connectivity index (χ1n) is 12.3. The number of aromatic nitrogens is 2. The Labute approximate surface area is 208 Å². The van der Waals surface area contributed by atoms with Gasteiger partial charge in [0.2, 0.25) is 0 Å². The van der Waals surface area contributed by atoms with E-state index in [4.69, 9.17) is 18.9 Å². The number of methoxy groups -OCH3 is 2. The van der Waals surface area contributed by atoms with Crippen LogP contribution < -0.4 is 14.2 Å². The van der Waals surface area contributed by atoms with Crippen molar-refractivity contribution in [1.29, 1.82) is 0 Å². The van der Waals surface area contributed by atoms with Gasteiger partial charge < -0.3 is 23.5 Å². The summed E-state index contributed by atoms with van der Waals surface area (Å²) in [7, 11) is 3.50. The van der Waals surface area contributed by atoms with Gasteiger partial charge in [-0.05, 0) is 62.6 Å². The van der Waals surface area contributed by atoms with Gasteiger partial charge in [-0.25, -0.2) is 4.98 Å². The summed E-state index contributed by atoms with van der Waals surface area (Å²) >= 11 is 0. The number of imidazole rings is 1. The third-order valence-electron chi connectivity index (χ3n) is 6.75. The zero-order chi connectivity index (χ0) is 24.5. The zero-order valence-corrected chi connectivity index (χ0v) is 21.1. The number of ether oxygens (including phenoxy) is 4. The largest absolute Gasteiger partial charge is 0.493 e. The Hall–Kier alpha value is -3.03. The predicted octanol–water partition coefficient (Wildman–Crippen LogP) is 4.73. The van der Waals surface area contributed by atoms with E-state index in [1.807, 2.05) is 36.1 Å². The number of hydrogen-bond acceptors (Lipinski definition) is 6. The Morgan fingerprint density at radius 3 is 2.57 bits per heavy atom. The fourth-order valence-electron chi connectivity index (χ4n) is 4.51. The number of aryl methyl sites for hydroxylation is 1. The third-order valence-corrected chi connectivity index (χ3v) is 6.75. The van der Waals surface area contributed by atoms with Crippen LogP contribution in [0.15, 0.2) is 61.2 Å². The van der Waals surface area contributed by atoms with Crippen LogP contribution in [0.25, 0.3) is 0 Å². The summed E-state index contributed by atoms with van der Waals surface area (Å²) in [6, 6.07) is 14.4. The predicted molar refractivity (Wildman–Crippen MR) is 136 cm³/mol. The average molecular weight is 480 g/mol. The van der Waals surface area contributed by atoms with E-state index in [0.29, 0.717) is 13.2 Å². The molecule has 0 aliphatic carbocycles. The van der Waals surface area contributed by atoms with Gasteiger partial charge in [0.1, 0.15) is 24.6 Å². The zero-order valence-electron chi connectivity index (χ0n) is 21.1. The SMILES string of the molecule is COc1cc(CN2CCC[C@@](COc3ccc(C)cc3)(OC)CC2)ccc1OCCn1ccnc1. The van der Waals surface area contributed by atoms with Crippen LogP contribution in [0.1, 0.15) is 30.4 Å². The van der Waals surface area contributed by atoms with E-state index >= 15 is 0 Å². The molecule has 1 aliphatic heterocycles. The van der Waals surface area contributed by atoms with Crippen LogP contribution in [-0.4, -0.2) is 60.6 Å². The smallest absolute Gasteiger partial charge is 0.161 e. The van der Waals surface area contributed by atoms with Crippen LogP contribution >= 0.6 is 0 Å². The van der Waals surface area contributed by atoms with E-state index in [0.717, 1.165) is 62.7 Å². The van der Waals surface area contributed by atoms with Gasteiger partial charge in [0.25, 0.3) is 0 Å². The van der Waals surface area contributed by atoms with Crippen LogP contribution in [0.5, 0.6) is 17.2 Å². The van der Waals surface area contributed by atoms with Crippen molar-refractivity contribution in [2.75, 3.05) is 40.5 Å². The molecule has 1 aliphatic rings. The quantitative estimate of drug-likeness (QED) is 0.396. The van der Waals surface area contributed by atoms with E-state index in [1.165, 1.54) is 11.1 Å². The number of nitrogens with zero attached hydrogens (tertiary/aromatic N) is 3. The summed E-state index contributed by atoms with van der Waals surface area (Å²) < 4.78 is 25.7. The lowest BCUT2D eigenvalue weighted by atomic mass is 9.95. The highest BCUT2D eigenvalue weighted by molar-refractivity contribution is 5.43. The molecule has 1 fully saturated rings. The van der Waals surface area contributed by atoms with Gasteiger partial charge in [0, 0.05) is 32.6 Å². The topological polar surface area (TPSA) is 58.0 Å². The Morgan fingerprint density at radius 2 is 1.83 bits per heavy atom. The molecule has 0 saturated carbocycles. The van der Waals surface area contributed by atoms with Crippen molar-refractivity contribution in [1.82, 2.24) is 14.5 Å². The summed E-state index contributed by atoms with van der Waals surface area (Å²) in [6.45, 7) is 6.80. The van der Waals surface area contributed by atoms with Crippen molar-refractivity contribution in [3.63, 3.8) is 0 Å². The van der Waals surface area contributed by atoms with Gasteiger partial charge in [-0.15, -0.1) is 0 Å². The molecule has 7 heteroatoms. The Bertz CT molecular complexity index is 1040. The number of likely N-dealkylation sites (tertiary alicyclic amines) is 1. The fourth-order valence-corrected chi connectivity index (χ4v) is 4.51. The molecule has 7 nitrogen and oxygen atoms in total. The summed E-state index contributed by atoms with van der Waals surface area (Å²) in [5.41, 5.74) is 2.18. The lowest BCUT2D eigenvalue weighted by Crippen LogP contribution is -2.39. The first-order chi connectivity index (χ1) is 17.1. The molecule has 0 spiro atoms. The molecule has 1 saturated heterocycles. The maximum absolute atomic E-state index is 6.12. The van der Waals surface area contributed by atoms with E-state index in [9.17, 15) is 0 Å². The summed E-state index contributed by atoms with van der Waals surface area (Å²) in [5.74, 6) is 2.42. The summed E-state index contributed by atoms with van der Waals surface area (Å²) in [5, 5.41) is 0. The molecule has 0 unspecified atom stereocenters. The Balaban J connectivity index is 1.31. The monoisotopic (exact) mass is 479 g/mol. The Morgan fingerprint density at radius 1 is 0.971 bits per heavy atom. The highest BCUT2D eigenvalue weighted by atomic mass is 16.5. The Kier molecular flexibility index (Phi) is 8.66. The molecule has 3 aromatic rings. The van der Waals surface area contributed by atoms with Crippen LogP contribution in [0.3, 0.4) is 0 Å². The second kappa shape index (κ2) is 12.1. The molecule has 0 N–H and O–H groups in total. The minimum atomic E-state index is -0.260. The van der Waals surface area contributed by atoms with Gasteiger partial charge in [0.15, 0.2) is 11.5 Å². The van der Waals surface area contributed by atoms with E-state index in [-0.39, 0.29) is 5.60 Å². The molecule has 2 heterocycles. The second-order valence-electron chi connectivity index (χ2n) is 9.25. The van der Waals surface area contributed by atoms with Crippen molar-refractivity contribution >= 4 is 0 Å². The van der Waals surface area contributed by atoms with Gasteiger partial charge in [0.05, 0.1) is 20.0 Å². The molecule has 4 rings (SSSR count). The lowest BCUT2D eigenvalue weighted by molar-refractivity contribution is -0.0541. The van der Waals surface area contributed by atoms with Crippen molar-refractivity contribution < 1.29 is 18.9 Å². The van der Waals surface area contributed by atoms with Crippen molar-refractivity contribution in [3.05, 3.63) is 72.3 Å². The van der Waals surface area contributed by atoms with Gasteiger partial charge in [-0.3, -0.25) is 4.90 Å². The van der Waals surface area contributed by atoms with Crippen LogP contribution in [0.2, 0.25) is 0 Å². The first kappa shape index (κ1) is 25.1. The average Bonchev–Trinajstić information content (AvgIpc) is 3.32. The maximum Gasteiger partial charge on any atom is 0.161 e. The maximum atomic E-state index is 6.12. The third kappa shape index (κ3) is 6.99. The second-order valence-corrected chi connectivity index (χ2v) is 9.25. The molecule has 0 bridgehead atoms. The molecule has 0 amide bonds. The summed E-state index contributed by atoms with van der Waals surface area (Å²) in [4.78, 5) is 6.55. The number of benzene rings is 2.